The van der Waals surface area contributed by atoms with Crippen LogP contribution in [0.2, 0.25) is 0 Å². The third kappa shape index (κ3) is 3.14. The normalized spacial score (nSPS) is 21.1. The van der Waals surface area contributed by atoms with E-state index in [9.17, 15) is 14.3 Å². The average Bonchev–Trinajstić information content (AvgIpc) is 2.90. The number of aromatic nitrogens is 1. The number of pyridine rings is 1. The van der Waals surface area contributed by atoms with Crippen molar-refractivity contribution in [2.45, 2.75) is 25.0 Å². The number of carbonyl (C=O) groups is 1. The number of β-amino-alcohol motifs (C(OH)–C–C–N with tert-alkyl or cyclic N) is 1. The first-order valence-electron chi connectivity index (χ1n) is 7.25. The van der Waals surface area contributed by atoms with Gasteiger partial charge in [0.1, 0.15) is 5.82 Å². The predicted octanol–water partition coefficient (Wildman–Crippen LogP) is 2.10. The van der Waals surface area contributed by atoms with Gasteiger partial charge in [0, 0.05) is 18.9 Å². The Balaban J connectivity index is 1.80. The summed E-state index contributed by atoms with van der Waals surface area (Å²) >= 11 is 0. The van der Waals surface area contributed by atoms with Crippen molar-refractivity contribution >= 4 is 5.91 Å². The Morgan fingerprint density at radius 1 is 1.36 bits per heavy atom. The lowest BCUT2D eigenvalue weighted by atomic mass is 10.0. The van der Waals surface area contributed by atoms with E-state index in [2.05, 4.69) is 4.98 Å². The second kappa shape index (κ2) is 6.23. The predicted molar refractivity (Wildman–Crippen MR) is 79.4 cm³/mol. The van der Waals surface area contributed by atoms with Gasteiger partial charge in [-0.25, -0.2) is 4.39 Å². The van der Waals surface area contributed by atoms with Crippen LogP contribution in [0, 0.1) is 5.82 Å². The van der Waals surface area contributed by atoms with Crippen LogP contribution in [0.3, 0.4) is 0 Å². The summed E-state index contributed by atoms with van der Waals surface area (Å²) in [5.41, 5.74) is 1.54. The summed E-state index contributed by atoms with van der Waals surface area (Å²) in [4.78, 5) is 18.2. The molecule has 2 heterocycles. The molecular formula is C17H17FN2O2. The van der Waals surface area contributed by atoms with Crippen molar-refractivity contribution in [3.8, 4) is 0 Å². The molecule has 2 atom stereocenters. The molecule has 0 bridgehead atoms. The van der Waals surface area contributed by atoms with Gasteiger partial charge in [-0.1, -0.05) is 18.2 Å². The molecule has 0 radical (unpaired) electrons. The van der Waals surface area contributed by atoms with Gasteiger partial charge in [0.15, 0.2) is 0 Å². The van der Waals surface area contributed by atoms with E-state index in [0.29, 0.717) is 6.42 Å². The van der Waals surface area contributed by atoms with Gasteiger partial charge < -0.3 is 10.0 Å². The second-order valence-corrected chi connectivity index (χ2v) is 5.54. The molecule has 1 amide bonds. The van der Waals surface area contributed by atoms with E-state index in [4.69, 9.17) is 0 Å². The van der Waals surface area contributed by atoms with Crippen molar-refractivity contribution in [2.24, 2.45) is 0 Å². The lowest BCUT2D eigenvalue weighted by Gasteiger charge is -2.25. The number of aliphatic hydroxyl groups is 1. The van der Waals surface area contributed by atoms with Gasteiger partial charge in [0.2, 0.25) is 5.91 Å². The van der Waals surface area contributed by atoms with Gasteiger partial charge in [-0.15, -0.1) is 0 Å². The third-order valence-corrected chi connectivity index (χ3v) is 3.91. The smallest absolute Gasteiger partial charge is 0.227 e. The zero-order valence-electron chi connectivity index (χ0n) is 12.0. The average molecular weight is 300 g/mol. The number of benzene rings is 1. The molecule has 1 aromatic carbocycles. The molecule has 1 aliphatic rings. The monoisotopic (exact) mass is 300 g/mol. The number of halogens is 1. The van der Waals surface area contributed by atoms with Crippen molar-refractivity contribution < 1.29 is 14.3 Å². The molecule has 5 heteroatoms. The minimum atomic E-state index is -0.578. The Kier molecular flexibility index (Phi) is 4.15. The number of likely N-dealkylation sites (tertiary alicyclic amines) is 1. The fraction of sp³-hybridized carbons (Fsp3) is 0.294. The van der Waals surface area contributed by atoms with E-state index in [0.717, 1.165) is 11.1 Å². The number of hydrogen-bond donors (Lipinski definition) is 1. The molecule has 1 aromatic heterocycles. The van der Waals surface area contributed by atoms with Crippen LogP contribution in [0.15, 0.2) is 48.8 Å². The highest BCUT2D eigenvalue weighted by molar-refractivity contribution is 5.79. The lowest BCUT2D eigenvalue weighted by molar-refractivity contribution is -0.131. The third-order valence-electron chi connectivity index (χ3n) is 3.91. The zero-order valence-corrected chi connectivity index (χ0v) is 12.0. The molecule has 1 aliphatic heterocycles. The van der Waals surface area contributed by atoms with Crippen LogP contribution >= 0.6 is 0 Å². The van der Waals surface area contributed by atoms with E-state index < -0.39 is 6.10 Å². The van der Waals surface area contributed by atoms with Crippen LogP contribution in [0.4, 0.5) is 4.39 Å². The fourth-order valence-corrected chi connectivity index (χ4v) is 2.90. The second-order valence-electron chi connectivity index (χ2n) is 5.54. The minimum Gasteiger partial charge on any atom is -0.391 e. The summed E-state index contributed by atoms with van der Waals surface area (Å²) in [6.07, 6.45) is 3.39. The van der Waals surface area contributed by atoms with Crippen molar-refractivity contribution in [1.29, 1.82) is 0 Å². The van der Waals surface area contributed by atoms with E-state index in [1.807, 2.05) is 6.07 Å². The van der Waals surface area contributed by atoms with E-state index in [1.54, 1.807) is 35.5 Å². The quantitative estimate of drug-likeness (QED) is 0.944. The van der Waals surface area contributed by atoms with Crippen LogP contribution in [0.25, 0.3) is 0 Å². The maximum atomic E-state index is 13.4. The molecule has 4 nitrogen and oxygen atoms in total. The zero-order chi connectivity index (χ0) is 15.5. The van der Waals surface area contributed by atoms with E-state index in [1.165, 1.54) is 12.1 Å². The van der Waals surface area contributed by atoms with Gasteiger partial charge in [-0.3, -0.25) is 9.78 Å². The summed E-state index contributed by atoms with van der Waals surface area (Å²) in [5, 5.41) is 9.92. The first-order valence-corrected chi connectivity index (χ1v) is 7.25. The van der Waals surface area contributed by atoms with Crippen molar-refractivity contribution in [2.75, 3.05) is 6.54 Å². The number of aliphatic hydroxyl groups excluding tert-OH is 1. The maximum absolute atomic E-state index is 13.4. The van der Waals surface area contributed by atoms with E-state index in [-0.39, 0.29) is 30.7 Å². The largest absolute Gasteiger partial charge is 0.391 e. The molecule has 114 valence electrons. The van der Waals surface area contributed by atoms with Crippen LogP contribution < -0.4 is 0 Å². The molecule has 0 unspecified atom stereocenters. The summed E-state index contributed by atoms with van der Waals surface area (Å²) < 4.78 is 13.4. The number of rotatable bonds is 3. The molecule has 0 spiro atoms. The fourth-order valence-electron chi connectivity index (χ4n) is 2.90. The summed E-state index contributed by atoms with van der Waals surface area (Å²) in [6.45, 7) is 0.278. The molecule has 0 saturated carbocycles. The van der Waals surface area contributed by atoms with Crippen LogP contribution in [0.5, 0.6) is 0 Å². The molecular weight excluding hydrogens is 283 g/mol. The Hall–Kier alpha value is -2.27. The topological polar surface area (TPSA) is 53.4 Å². The van der Waals surface area contributed by atoms with Crippen molar-refractivity contribution in [3.05, 3.63) is 65.7 Å². The molecule has 22 heavy (non-hydrogen) atoms. The number of nitrogens with zero attached hydrogens (tertiary/aromatic N) is 2. The highest BCUT2D eigenvalue weighted by atomic mass is 19.1. The first kappa shape index (κ1) is 14.7. The van der Waals surface area contributed by atoms with Crippen LogP contribution in [-0.2, 0) is 11.2 Å². The standard InChI is InChI=1S/C17H17FN2O2/c18-14-5-1-4-13(8-14)16-9-15(21)11-20(16)17(22)7-12-3-2-6-19-10-12/h1-6,8,10,15-16,21H,7,9,11H2/t15-,16+/m1/s1. The lowest BCUT2D eigenvalue weighted by Crippen LogP contribution is -2.33. The van der Waals surface area contributed by atoms with Gasteiger partial charge in [-0.2, -0.15) is 0 Å². The highest BCUT2D eigenvalue weighted by Crippen LogP contribution is 2.32. The first-order chi connectivity index (χ1) is 10.6. The number of amides is 1. The maximum Gasteiger partial charge on any atom is 0.227 e. The van der Waals surface area contributed by atoms with Crippen molar-refractivity contribution in [1.82, 2.24) is 9.88 Å². The highest BCUT2D eigenvalue weighted by Gasteiger charge is 2.35. The molecule has 3 rings (SSSR count). The Morgan fingerprint density at radius 3 is 2.95 bits per heavy atom. The Bertz CT molecular complexity index is 663. The summed E-state index contributed by atoms with van der Waals surface area (Å²) in [6, 6.07) is 9.55. The summed E-state index contributed by atoms with van der Waals surface area (Å²) in [7, 11) is 0. The van der Waals surface area contributed by atoms with Crippen LogP contribution in [0.1, 0.15) is 23.6 Å². The number of carbonyl (C=O) groups excluding carboxylic acids is 1. The Morgan fingerprint density at radius 2 is 2.23 bits per heavy atom. The van der Waals surface area contributed by atoms with Gasteiger partial charge in [-0.05, 0) is 35.7 Å². The van der Waals surface area contributed by atoms with Gasteiger partial charge >= 0.3 is 0 Å². The molecule has 0 aliphatic carbocycles. The Labute approximate surface area is 128 Å². The number of hydrogen-bond acceptors (Lipinski definition) is 3. The van der Waals surface area contributed by atoms with Crippen molar-refractivity contribution in [3.63, 3.8) is 0 Å². The van der Waals surface area contributed by atoms with Crippen LogP contribution in [-0.4, -0.2) is 33.5 Å². The molecule has 1 fully saturated rings. The van der Waals surface area contributed by atoms with Gasteiger partial charge in [0.25, 0.3) is 0 Å². The SMILES string of the molecule is O=C(Cc1cccnc1)N1C[C@H](O)C[C@H]1c1cccc(F)c1. The molecule has 1 N–H and O–H groups in total. The van der Waals surface area contributed by atoms with E-state index >= 15 is 0 Å². The molecule has 1 saturated heterocycles. The van der Waals surface area contributed by atoms with Gasteiger partial charge in [0.05, 0.1) is 18.6 Å². The summed E-state index contributed by atoms with van der Waals surface area (Å²) in [5.74, 6) is -0.419. The minimum absolute atomic E-state index is 0.0844. The molecule has 2 aromatic rings.